The minimum atomic E-state index is 0.809. The van der Waals surface area contributed by atoms with Crippen LogP contribution < -0.4 is 4.90 Å². The lowest BCUT2D eigenvalue weighted by Crippen LogP contribution is -2.09. The third kappa shape index (κ3) is 4.01. The number of thiazole rings is 1. The molecule has 230 valence electrons. The van der Waals surface area contributed by atoms with Crippen molar-refractivity contribution in [3.8, 4) is 10.6 Å². The summed E-state index contributed by atoms with van der Waals surface area (Å²) in [6.45, 7) is 0. The predicted molar refractivity (Wildman–Crippen MR) is 202 cm³/mol. The van der Waals surface area contributed by atoms with Crippen LogP contribution in [0.4, 0.5) is 17.1 Å². The standard InChI is InChI=1S/C43H24N2O3S/c1-2-8-25(9-3-1)43-44-42-40(49-43)21-20-38-41(42)31-17-14-28(24-39(31)48-38)45(26-15-18-36-32(22-26)29-10-4-6-12-34(29)46-36)27-16-19-37-33(23-27)30-11-5-7-13-35(30)47-37/h1-24H. The van der Waals surface area contributed by atoms with E-state index >= 15 is 0 Å². The van der Waals surface area contributed by atoms with Gasteiger partial charge in [-0.25, -0.2) is 4.98 Å². The van der Waals surface area contributed by atoms with Crippen molar-refractivity contribution in [2.75, 3.05) is 4.90 Å². The van der Waals surface area contributed by atoms with E-state index in [2.05, 4.69) is 120 Å². The summed E-state index contributed by atoms with van der Waals surface area (Å²) in [5, 5.41) is 7.40. The van der Waals surface area contributed by atoms with E-state index in [4.69, 9.17) is 18.2 Å². The first-order valence-electron chi connectivity index (χ1n) is 16.2. The molecule has 0 aliphatic rings. The van der Waals surface area contributed by atoms with Gasteiger partial charge in [0.25, 0.3) is 0 Å². The van der Waals surface area contributed by atoms with Crippen LogP contribution in [0.3, 0.4) is 0 Å². The molecule has 0 amide bonds. The van der Waals surface area contributed by atoms with E-state index in [0.29, 0.717) is 0 Å². The van der Waals surface area contributed by atoms with E-state index in [0.717, 1.165) is 104 Å². The van der Waals surface area contributed by atoms with Gasteiger partial charge in [0.1, 0.15) is 38.5 Å². The lowest BCUT2D eigenvalue weighted by molar-refractivity contribution is 0.668. The van der Waals surface area contributed by atoms with Crippen LogP contribution in [0, 0.1) is 0 Å². The van der Waals surface area contributed by atoms with Crippen LogP contribution in [0.5, 0.6) is 0 Å². The van der Waals surface area contributed by atoms with Crippen LogP contribution in [0.1, 0.15) is 0 Å². The highest BCUT2D eigenvalue weighted by molar-refractivity contribution is 7.21. The summed E-state index contributed by atoms with van der Waals surface area (Å²) in [4.78, 5) is 7.39. The Kier molecular flexibility index (Phi) is 5.48. The molecule has 0 saturated heterocycles. The van der Waals surface area contributed by atoms with Gasteiger partial charge in [0, 0.05) is 55.6 Å². The molecule has 4 heterocycles. The minimum Gasteiger partial charge on any atom is -0.456 e. The van der Waals surface area contributed by atoms with Gasteiger partial charge in [0.15, 0.2) is 0 Å². The van der Waals surface area contributed by atoms with Gasteiger partial charge in [-0.05, 0) is 72.8 Å². The number of anilines is 3. The quantitative estimate of drug-likeness (QED) is 0.190. The van der Waals surface area contributed by atoms with Crippen molar-refractivity contribution in [3.05, 3.63) is 146 Å². The van der Waals surface area contributed by atoms with Gasteiger partial charge in [-0.3, -0.25) is 0 Å². The van der Waals surface area contributed by atoms with E-state index in [1.807, 2.05) is 30.3 Å². The first-order chi connectivity index (χ1) is 24.2. The first-order valence-corrected chi connectivity index (χ1v) is 17.0. The number of nitrogens with zero attached hydrogens (tertiary/aromatic N) is 2. The second-order valence-electron chi connectivity index (χ2n) is 12.3. The topological polar surface area (TPSA) is 55.6 Å². The molecular formula is C43H24N2O3S. The van der Waals surface area contributed by atoms with Crippen molar-refractivity contribution in [1.82, 2.24) is 4.98 Å². The van der Waals surface area contributed by atoms with Crippen LogP contribution in [0.15, 0.2) is 159 Å². The van der Waals surface area contributed by atoms with Crippen LogP contribution >= 0.6 is 11.3 Å². The molecular weight excluding hydrogens is 625 g/mol. The summed E-state index contributed by atoms with van der Waals surface area (Å²) in [6, 6.07) is 50.2. The maximum atomic E-state index is 6.58. The Labute approximate surface area is 282 Å². The van der Waals surface area contributed by atoms with Crippen LogP contribution in [-0.2, 0) is 0 Å². The average Bonchev–Trinajstić information content (AvgIpc) is 3.92. The molecule has 0 aliphatic carbocycles. The summed E-state index contributed by atoms with van der Waals surface area (Å²) in [6.07, 6.45) is 0. The molecule has 0 N–H and O–H groups in total. The lowest BCUT2D eigenvalue weighted by Gasteiger charge is -2.25. The Hall–Kier alpha value is -6.37. The van der Waals surface area contributed by atoms with Crippen molar-refractivity contribution < 1.29 is 13.3 Å². The average molecular weight is 649 g/mol. The van der Waals surface area contributed by atoms with E-state index in [9.17, 15) is 0 Å². The summed E-state index contributed by atoms with van der Waals surface area (Å²) < 4.78 is 20.1. The molecule has 0 bridgehead atoms. The number of fused-ring (bicyclic) bond motifs is 11. The Morgan fingerprint density at radius 1 is 0.429 bits per heavy atom. The SMILES string of the molecule is c1ccc(-c2nc3c(ccc4oc5cc(N(c6ccc7oc8ccccc8c7c6)c6ccc7oc8ccccc8c7c6)ccc5c43)s2)cc1. The zero-order valence-corrected chi connectivity index (χ0v) is 26.7. The Bertz CT molecular complexity index is 2960. The van der Waals surface area contributed by atoms with Gasteiger partial charge in [-0.1, -0.05) is 66.7 Å². The van der Waals surface area contributed by atoms with Gasteiger partial charge in [0.2, 0.25) is 0 Å². The van der Waals surface area contributed by atoms with Crippen LogP contribution in [-0.4, -0.2) is 4.98 Å². The minimum absolute atomic E-state index is 0.809. The molecule has 0 spiro atoms. The first kappa shape index (κ1) is 26.7. The van der Waals surface area contributed by atoms with E-state index < -0.39 is 0 Å². The normalized spacial score (nSPS) is 12.1. The van der Waals surface area contributed by atoms with Crippen molar-refractivity contribution in [1.29, 1.82) is 0 Å². The zero-order chi connectivity index (χ0) is 32.1. The number of aromatic nitrogens is 1. The molecule has 4 aromatic heterocycles. The molecule has 0 atom stereocenters. The van der Waals surface area contributed by atoms with Crippen LogP contribution in [0.2, 0.25) is 0 Å². The number of furan rings is 3. The van der Waals surface area contributed by atoms with E-state index in [1.165, 1.54) is 0 Å². The van der Waals surface area contributed by atoms with Crippen molar-refractivity contribution >= 4 is 104 Å². The summed E-state index contributed by atoms with van der Waals surface area (Å²) >= 11 is 1.71. The molecule has 0 saturated carbocycles. The van der Waals surface area contributed by atoms with Gasteiger partial charge < -0.3 is 18.2 Å². The Balaban J connectivity index is 1.13. The molecule has 0 radical (unpaired) electrons. The lowest BCUT2D eigenvalue weighted by atomic mass is 10.1. The highest BCUT2D eigenvalue weighted by atomic mass is 32.1. The molecule has 7 aromatic carbocycles. The molecule has 11 aromatic rings. The molecule has 0 unspecified atom stereocenters. The third-order valence-electron chi connectivity index (χ3n) is 9.49. The largest absolute Gasteiger partial charge is 0.456 e. The molecule has 0 fully saturated rings. The summed E-state index contributed by atoms with van der Waals surface area (Å²) in [7, 11) is 0. The molecule has 49 heavy (non-hydrogen) atoms. The van der Waals surface area contributed by atoms with Crippen molar-refractivity contribution in [2.24, 2.45) is 0 Å². The van der Waals surface area contributed by atoms with Crippen molar-refractivity contribution in [3.63, 3.8) is 0 Å². The maximum absolute atomic E-state index is 6.58. The number of benzene rings is 7. The van der Waals surface area contributed by atoms with Gasteiger partial charge >= 0.3 is 0 Å². The summed E-state index contributed by atoms with van der Waals surface area (Å²) in [5.41, 5.74) is 10.2. The Morgan fingerprint density at radius 2 is 0.980 bits per heavy atom. The second-order valence-corrected chi connectivity index (χ2v) is 13.4. The van der Waals surface area contributed by atoms with Gasteiger partial charge in [-0.2, -0.15) is 0 Å². The highest BCUT2D eigenvalue weighted by Gasteiger charge is 2.20. The number of rotatable bonds is 4. The maximum Gasteiger partial charge on any atom is 0.137 e. The fourth-order valence-corrected chi connectivity index (χ4v) is 8.22. The predicted octanol–water partition coefficient (Wildman–Crippen LogP) is 13.1. The molecule has 0 aliphatic heterocycles. The van der Waals surface area contributed by atoms with Gasteiger partial charge in [0.05, 0.1) is 15.6 Å². The number of hydrogen-bond donors (Lipinski definition) is 0. The monoisotopic (exact) mass is 648 g/mol. The fraction of sp³-hybridized carbons (Fsp3) is 0. The fourth-order valence-electron chi connectivity index (χ4n) is 7.24. The molecule has 11 rings (SSSR count). The van der Waals surface area contributed by atoms with Gasteiger partial charge in [-0.15, -0.1) is 11.3 Å². The smallest absolute Gasteiger partial charge is 0.137 e. The summed E-state index contributed by atoms with van der Waals surface area (Å²) in [5.74, 6) is 0. The second kappa shape index (κ2) is 10.1. The molecule has 5 nitrogen and oxygen atoms in total. The number of hydrogen-bond acceptors (Lipinski definition) is 6. The highest BCUT2D eigenvalue weighted by Crippen LogP contribution is 2.44. The zero-order valence-electron chi connectivity index (χ0n) is 25.9. The Morgan fingerprint density at radius 3 is 1.67 bits per heavy atom. The third-order valence-corrected chi connectivity index (χ3v) is 10.6. The van der Waals surface area contributed by atoms with Crippen LogP contribution in [0.25, 0.3) is 86.6 Å². The van der Waals surface area contributed by atoms with E-state index in [-0.39, 0.29) is 0 Å². The number of para-hydroxylation sites is 2. The van der Waals surface area contributed by atoms with Crippen molar-refractivity contribution in [2.45, 2.75) is 0 Å². The molecule has 6 heteroatoms. The van der Waals surface area contributed by atoms with E-state index in [1.54, 1.807) is 11.3 Å².